The minimum absolute atomic E-state index is 0.263. The number of anilines is 1. The van der Waals surface area contributed by atoms with E-state index >= 15 is 0 Å². The number of nitrogens with zero attached hydrogens (tertiary/aromatic N) is 1. The first-order valence-electron chi connectivity index (χ1n) is 12.4. The van der Waals surface area contributed by atoms with E-state index in [1.54, 1.807) is 30.3 Å². The van der Waals surface area contributed by atoms with Crippen LogP contribution in [-0.4, -0.2) is 32.5 Å². The first kappa shape index (κ1) is 24.7. The summed E-state index contributed by atoms with van der Waals surface area (Å²) >= 11 is 0. The van der Waals surface area contributed by atoms with Gasteiger partial charge in [0.15, 0.2) is 15.2 Å². The van der Waals surface area contributed by atoms with Gasteiger partial charge in [0, 0.05) is 17.8 Å². The second-order valence-electron chi connectivity index (χ2n) is 9.28. The highest BCUT2D eigenvalue weighted by Crippen LogP contribution is 2.38. The fraction of sp³-hybridized carbons (Fsp3) is 0.200. The predicted molar refractivity (Wildman–Crippen MR) is 146 cm³/mol. The highest BCUT2D eigenvalue weighted by molar-refractivity contribution is 7.93. The zero-order valence-corrected chi connectivity index (χ0v) is 21.2. The first-order chi connectivity index (χ1) is 17.9. The normalized spacial score (nSPS) is 16.7. The van der Waals surface area contributed by atoms with Gasteiger partial charge in [-0.3, -0.25) is 14.5 Å². The van der Waals surface area contributed by atoms with Crippen LogP contribution < -0.4 is 10.2 Å². The van der Waals surface area contributed by atoms with E-state index in [2.05, 4.69) is 17.4 Å². The summed E-state index contributed by atoms with van der Waals surface area (Å²) in [6.07, 6.45) is 2.74. The maximum Gasteiger partial charge on any atom is 0.251 e. The number of aryl methyl sites for hydroxylation is 1. The number of sulfone groups is 1. The van der Waals surface area contributed by atoms with Crippen molar-refractivity contribution in [2.75, 3.05) is 17.2 Å². The molecule has 1 N–H and O–H groups in total. The first-order valence-corrected chi connectivity index (χ1v) is 14.1. The Morgan fingerprint density at radius 3 is 2.41 bits per heavy atom. The molecule has 188 valence electrons. The molecule has 0 aliphatic carbocycles. The fourth-order valence-corrected chi connectivity index (χ4v) is 6.57. The summed E-state index contributed by atoms with van der Waals surface area (Å²) in [4.78, 5) is 27.1. The van der Waals surface area contributed by atoms with Crippen LogP contribution in [0.25, 0.3) is 10.8 Å². The molecule has 6 nitrogen and oxygen atoms in total. The van der Waals surface area contributed by atoms with E-state index in [1.165, 1.54) is 10.5 Å². The van der Waals surface area contributed by atoms with Gasteiger partial charge in [0.05, 0.1) is 0 Å². The Labute approximate surface area is 216 Å². The van der Waals surface area contributed by atoms with E-state index in [1.807, 2.05) is 54.6 Å². The number of unbranched alkanes of at least 4 members (excludes halogenated alkanes) is 1. The van der Waals surface area contributed by atoms with Gasteiger partial charge in [-0.05, 0) is 65.4 Å². The van der Waals surface area contributed by atoms with Crippen molar-refractivity contribution in [1.29, 1.82) is 0 Å². The molecule has 1 aliphatic heterocycles. The fourth-order valence-electron chi connectivity index (χ4n) is 4.81. The van der Waals surface area contributed by atoms with E-state index in [0.717, 1.165) is 30.0 Å². The SMILES string of the molecule is O=C(NCCCCc1ccccc1)c1cccc(C2N(c3ccc4ccccc4c3)C(=O)CS2(=O)=O)c1. The lowest BCUT2D eigenvalue weighted by Gasteiger charge is -2.24. The summed E-state index contributed by atoms with van der Waals surface area (Å²) in [7, 11) is -3.79. The summed E-state index contributed by atoms with van der Waals surface area (Å²) in [5.41, 5.74) is 2.55. The molecular formula is C30H28N2O4S. The molecule has 4 aromatic rings. The highest BCUT2D eigenvalue weighted by atomic mass is 32.2. The topological polar surface area (TPSA) is 83.6 Å². The smallest absolute Gasteiger partial charge is 0.251 e. The number of nitrogens with one attached hydrogen (secondary N) is 1. The van der Waals surface area contributed by atoms with Crippen LogP contribution in [0.2, 0.25) is 0 Å². The lowest BCUT2D eigenvalue weighted by molar-refractivity contribution is -0.115. The second kappa shape index (κ2) is 10.6. The quantitative estimate of drug-likeness (QED) is 0.335. The van der Waals surface area contributed by atoms with Crippen molar-refractivity contribution in [2.45, 2.75) is 24.6 Å². The van der Waals surface area contributed by atoms with Gasteiger partial charge in [0.1, 0.15) is 5.75 Å². The molecule has 1 saturated heterocycles. The molecular weight excluding hydrogens is 484 g/mol. The number of hydrogen-bond acceptors (Lipinski definition) is 4. The molecule has 5 rings (SSSR count). The van der Waals surface area contributed by atoms with Gasteiger partial charge in [-0.15, -0.1) is 0 Å². The molecule has 37 heavy (non-hydrogen) atoms. The molecule has 1 aliphatic rings. The zero-order valence-electron chi connectivity index (χ0n) is 20.3. The van der Waals surface area contributed by atoms with Crippen LogP contribution in [0.5, 0.6) is 0 Å². The Morgan fingerprint density at radius 1 is 0.838 bits per heavy atom. The average Bonchev–Trinajstić information content (AvgIpc) is 3.16. The lowest BCUT2D eigenvalue weighted by Crippen LogP contribution is -2.29. The Morgan fingerprint density at radius 2 is 1.59 bits per heavy atom. The lowest BCUT2D eigenvalue weighted by atomic mass is 10.1. The third-order valence-corrected chi connectivity index (χ3v) is 8.45. The minimum atomic E-state index is -3.79. The molecule has 4 aromatic carbocycles. The third-order valence-electron chi connectivity index (χ3n) is 6.63. The van der Waals surface area contributed by atoms with Crippen molar-refractivity contribution < 1.29 is 18.0 Å². The van der Waals surface area contributed by atoms with Crippen LogP contribution in [0.1, 0.15) is 39.7 Å². The second-order valence-corrected chi connectivity index (χ2v) is 11.3. The van der Waals surface area contributed by atoms with E-state index in [9.17, 15) is 18.0 Å². The Balaban J connectivity index is 1.32. The number of carbonyl (C=O) groups excluding carboxylic acids is 2. The number of rotatable bonds is 8. The van der Waals surface area contributed by atoms with Crippen LogP contribution in [0.15, 0.2) is 97.1 Å². The van der Waals surface area contributed by atoms with Crippen molar-refractivity contribution in [2.24, 2.45) is 0 Å². The molecule has 1 atom stereocenters. The number of benzene rings is 4. The van der Waals surface area contributed by atoms with Gasteiger partial charge >= 0.3 is 0 Å². The van der Waals surface area contributed by atoms with Crippen LogP contribution in [0, 0.1) is 0 Å². The molecule has 0 saturated carbocycles. The van der Waals surface area contributed by atoms with Gasteiger partial charge in [-0.1, -0.05) is 72.8 Å². The molecule has 1 unspecified atom stereocenters. The van der Waals surface area contributed by atoms with Gasteiger partial charge in [-0.2, -0.15) is 0 Å². The van der Waals surface area contributed by atoms with Crippen molar-refractivity contribution in [3.05, 3.63) is 114 Å². The molecule has 0 aromatic heterocycles. The van der Waals surface area contributed by atoms with Gasteiger partial charge < -0.3 is 5.32 Å². The summed E-state index contributed by atoms with van der Waals surface area (Å²) in [5, 5.41) is 3.66. The van der Waals surface area contributed by atoms with Crippen molar-refractivity contribution in [3.8, 4) is 0 Å². The Hall–Kier alpha value is -3.97. The predicted octanol–water partition coefficient (Wildman–Crippen LogP) is 5.05. The molecule has 0 spiro atoms. The monoisotopic (exact) mass is 512 g/mol. The van der Waals surface area contributed by atoms with Gasteiger partial charge in [-0.25, -0.2) is 8.42 Å². The Kier molecular flexibility index (Phi) is 7.06. The van der Waals surface area contributed by atoms with E-state index in [-0.39, 0.29) is 5.91 Å². The van der Waals surface area contributed by atoms with E-state index < -0.39 is 26.9 Å². The number of amides is 2. The van der Waals surface area contributed by atoms with Gasteiger partial charge in [0.25, 0.3) is 5.91 Å². The Bertz CT molecular complexity index is 1550. The van der Waals surface area contributed by atoms with Crippen molar-refractivity contribution in [1.82, 2.24) is 5.32 Å². The number of carbonyl (C=O) groups is 2. The minimum Gasteiger partial charge on any atom is -0.352 e. The van der Waals surface area contributed by atoms with Crippen LogP contribution >= 0.6 is 0 Å². The summed E-state index contributed by atoms with van der Waals surface area (Å²) in [5.74, 6) is -1.31. The summed E-state index contributed by atoms with van der Waals surface area (Å²) in [6, 6.07) is 29.9. The molecule has 0 radical (unpaired) electrons. The molecule has 1 heterocycles. The van der Waals surface area contributed by atoms with Crippen molar-refractivity contribution in [3.63, 3.8) is 0 Å². The largest absolute Gasteiger partial charge is 0.352 e. The van der Waals surface area contributed by atoms with E-state index in [0.29, 0.717) is 23.4 Å². The maximum absolute atomic E-state index is 13.1. The molecule has 0 bridgehead atoms. The highest BCUT2D eigenvalue weighted by Gasteiger charge is 2.45. The average molecular weight is 513 g/mol. The molecule has 7 heteroatoms. The third kappa shape index (κ3) is 5.42. The standard InChI is InChI=1S/C30H28N2O4S/c33-28-21-37(35,36)30(32(28)27-17-16-23-12-4-5-13-24(23)20-27)26-15-8-14-25(19-26)29(34)31-18-7-6-11-22-9-2-1-3-10-22/h1-5,8-10,12-17,19-20,30H,6-7,11,18,21H2,(H,31,34). The maximum atomic E-state index is 13.1. The number of hydrogen-bond donors (Lipinski definition) is 1. The molecule has 2 amide bonds. The van der Waals surface area contributed by atoms with Gasteiger partial charge in [0.2, 0.25) is 5.91 Å². The van der Waals surface area contributed by atoms with Crippen LogP contribution in [0.4, 0.5) is 5.69 Å². The zero-order chi connectivity index (χ0) is 25.8. The number of fused-ring (bicyclic) bond motifs is 1. The van der Waals surface area contributed by atoms with Crippen LogP contribution in [-0.2, 0) is 21.1 Å². The van der Waals surface area contributed by atoms with Crippen molar-refractivity contribution >= 4 is 38.1 Å². The summed E-state index contributed by atoms with van der Waals surface area (Å²) in [6.45, 7) is 0.527. The molecule has 1 fully saturated rings. The van der Waals surface area contributed by atoms with E-state index in [4.69, 9.17) is 0 Å². The van der Waals surface area contributed by atoms with Crippen LogP contribution in [0.3, 0.4) is 0 Å². The summed E-state index contributed by atoms with van der Waals surface area (Å²) < 4.78 is 26.2.